The molecule has 3 aromatic rings. The summed E-state index contributed by atoms with van der Waals surface area (Å²) in [5.74, 6) is 1.84. The zero-order valence-electron chi connectivity index (χ0n) is 18.4. The van der Waals surface area contributed by atoms with Crippen LogP contribution in [0.4, 0.5) is 5.13 Å². The highest BCUT2D eigenvalue weighted by Crippen LogP contribution is 2.39. The zero-order chi connectivity index (χ0) is 22.0. The Kier molecular flexibility index (Phi) is 8.41. The first-order valence-electron chi connectivity index (χ1n) is 10.3. The first kappa shape index (κ1) is 24.8. The van der Waals surface area contributed by atoms with Crippen LogP contribution in [-0.2, 0) is 4.74 Å². The summed E-state index contributed by atoms with van der Waals surface area (Å²) in [6, 6.07) is 5.37. The van der Waals surface area contributed by atoms with Crippen LogP contribution in [0.1, 0.15) is 28.3 Å². The van der Waals surface area contributed by atoms with E-state index in [-0.39, 0.29) is 18.3 Å². The predicted molar refractivity (Wildman–Crippen MR) is 130 cm³/mol. The molecule has 10 heteroatoms. The number of aryl methyl sites for hydroxylation is 2. The smallest absolute Gasteiger partial charge is 0.263 e. The van der Waals surface area contributed by atoms with Crippen molar-refractivity contribution in [2.24, 2.45) is 0 Å². The second-order valence-corrected chi connectivity index (χ2v) is 8.90. The van der Waals surface area contributed by atoms with Gasteiger partial charge < -0.3 is 13.9 Å². The summed E-state index contributed by atoms with van der Waals surface area (Å²) < 4.78 is 17.3. The molecule has 4 rings (SSSR count). The fraction of sp³-hybridized carbons (Fsp3) is 0.455. The van der Waals surface area contributed by atoms with Gasteiger partial charge in [-0.15, -0.1) is 12.4 Å². The van der Waals surface area contributed by atoms with E-state index in [0.717, 1.165) is 44.0 Å². The van der Waals surface area contributed by atoms with Crippen molar-refractivity contribution in [3.8, 4) is 5.75 Å². The molecule has 32 heavy (non-hydrogen) atoms. The number of nitrogens with zero attached hydrogens (tertiary/aromatic N) is 3. The van der Waals surface area contributed by atoms with Crippen molar-refractivity contribution in [1.29, 1.82) is 0 Å². The summed E-state index contributed by atoms with van der Waals surface area (Å²) in [5, 5.41) is 1.20. The van der Waals surface area contributed by atoms with E-state index in [4.69, 9.17) is 30.5 Å². The highest BCUT2D eigenvalue weighted by atomic mass is 35.5. The Balaban J connectivity index is 0.00000289. The molecule has 0 bridgehead atoms. The molecule has 0 radical (unpaired) electrons. The number of anilines is 1. The maximum absolute atomic E-state index is 13.5. The summed E-state index contributed by atoms with van der Waals surface area (Å²) >= 11 is 7.81. The van der Waals surface area contributed by atoms with Crippen molar-refractivity contribution >= 4 is 56.6 Å². The van der Waals surface area contributed by atoms with Crippen molar-refractivity contribution in [3.05, 3.63) is 40.3 Å². The van der Waals surface area contributed by atoms with Crippen molar-refractivity contribution in [2.45, 2.75) is 20.3 Å². The number of halogens is 2. The summed E-state index contributed by atoms with van der Waals surface area (Å²) in [4.78, 5) is 22.3. The van der Waals surface area contributed by atoms with Crippen LogP contribution in [-0.4, -0.2) is 62.3 Å². The second-order valence-electron chi connectivity index (χ2n) is 7.52. The zero-order valence-corrected chi connectivity index (χ0v) is 20.7. The van der Waals surface area contributed by atoms with E-state index in [1.807, 2.05) is 13.8 Å². The quantitative estimate of drug-likeness (QED) is 0.457. The van der Waals surface area contributed by atoms with Gasteiger partial charge >= 0.3 is 0 Å². The number of morpholine rings is 1. The topological polar surface area (TPSA) is 68.0 Å². The average molecular weight is 500 g/mol. The van der Waals surface area contributed by atoms with Crippen LogP contribution in [0.25, 0.3) is 10.2 Å². The SMILES string of the molecule is COc1ccc(Cl)c2sc(N(CCCN3CCOCC3)C(=O)c3cc(C)oc3C)nc12.Cl. The van der Waals surface area contributed by atoms with E-state index >= 15 is 0 Å². The van der Waals surface area contributed by atoms with Gasteiger partial charge in [0.2, 0.25) is 0 Å². The number of carbonyl (C=O) groups is 1. The van der Waals surface area contributed by atoms with Crippen LogP contribution < -0.4 is 9.64 Å². The lowest BCUT2D eigenvalue weighted by atomic mass is 10.2. The van der Waals surface area contributed by atoms with Crippen LogP contribution in [0.5, 0.6) is 5.75 Å². The maximum atomic E-state index is 13.5. The molecule has 174 valence electrons. The molecule has 1 fully saturated rings. The van der Waals surface area contributed by atoms with Gasteiger partial charge in [0.05, 0.1) is 35.6 Å². The first-order chi connectivity index (χ1) is 15.0. The number of methoxy groups -OCH3 is 1. The summed E-state index contributed by atoms with van der Waals surface area (Å²) in [5.41, 5.74) is 1.22. The number of amides is 1. The number of thiazole rings is 1. The van der Waals surface area contributed by atoms with E-state index in [1.165, 1.54) is 11.3 Å². The summed E-state index contributed by atoms with van der Waals surface area (Å²) in [6.07, 6.45) is 0.822. The van der Waals surface area contributed by atoms with Crippen LogP contribution >= 0.6 is 35.3 Å². The lowest BCUT2D eigenvalue weighted by Crippen LogP contribution is -2.39. The molecule has 1 aliphatic rings. The molecule has 1 amide bonds. The Hall–Kier alpha value is -1.84. The molecule has 0 aliphatic carbocycles. The third kappa shape index (κ3) is 5.21. The highest BCUT2D eigenvalue weighted by Gasteiger charge is 2.26. The van der Waals surface area contributed by atoms with Gasteiger partial charge in [0.15, 0.2) is 5.13 Å². The number of fused-ring (bicyclic) bond motifs is 1. The Bertz CT molecular complexity index is 1080. The molecule has 7 nitrogen and oxygen atoms in total. The van der Waals surface area contributed by atoms with E-state index in [2.05, 4.69) is 4.90 Å². The number of carbonyl (C=O) groups excluding carboxylic acids is 1. The molecule has 0 atom stereocenters. The van der Waals surface area contributed by atoms with Crippen molar-refractivity contribution in [2.75, 3.05) is 51.4 Å². The molecule has 0 unspecified atom stereocenters. The highest BCUT2D eigenvalue weighted by molar-refractivity contribution is 7.23. The van der Waals surface area contributed by atoms with Gasteiger partial charge in [-0.3, -0.25) is 14.6 Å². The van der Waals surface area contributed by atoms with E-state index in [0.29, 0.717) is 45.0 Å². The van der Waals surface area contributed by atoms with E-state index in [9.17, 15) is 4.79 Å². The van der Waals surface area contributed by atoms with Gasteiger partial charge in [0, 0.05) is 26.2 Å². The fourth-order valence-corrected chi connectivity index (χ4v) is 5.05. The van der Waals surface area contributed by atoms with Crippen molar-refractivity contribution < 1.29 is 18.7 Å². The number of hydrogen-bond donors (Lipinski definition) is 0. The Morgan fingerprint density at radius 3 is 2.72 bits per heavy atom. The van der Waals surface area contributed by atoms with E-state index in [1.54, 1.807) is 30.2 Å². The number of rotatable bonds is 7. The minimum absolute atomic E-state index is 0. The van der Waals surface area contributed by atoms with Gasteiger partial charge in [0.1, 0.15) is 22.8 Å². The minimum atomic E-state index is -0.120. The lowest BCUT2D eigenvalue weighted by Gasteiger charge is -2.27. The first-order valence-corrected chi connectivity index (χ1v) is 11.5. The molecule has 1 aliphatic heterocycles. The average Bonchev–Trinajstić information content (AvgIpc) is 3.35. The van der Waals surface area contributed by atoms with Gasteiger partial charge in [-0.2, -0.15) is 0 Å². The fourth-order valence-electron chi connectivity index (χ4n) is 3.77. The van der Waals surface area contributed by atoms with Crippen molar-refractivity contribution in [1.82, 2.24) is 9.88 Å². The molecule has 0 N–H and O–H groups in total. The molecule has 1 saturated heterocycles. The molecular weight excluding hydrogens is 473 g/mol. The predicted octanol–water partition coefficient (Wildman–Crippen LogP) is 4.96. The largest absolute Gasteiger partial charge is 0.494 e. The van der Waals surface area contributed by atoms with Crippen LogP contribution in [0.2, 0.25) is 5.02 Å². The third-order valence-electron chi connectivity index (χ3n) is 5.37. The number of hydrogen-bond acceptors (Lipinski definition) is 7. The summed E-state index contributed by atoms with van der Waals surface area (Å²) in [6.45, 7) is 8.44. The standard InChI is InChI=1S/C22H26ClN3O4S.ClH/c1-14-13-16(15(2)30-14)21(27)26(8-4-7-25-9-11-29-12-10-25)22-24-19-18(28-3)6-5-17(23)20(19)31-22;/h5-6,13H,4,7-12H2,1-3H3;1H. The van der Waals surface area contributed by atoms with Gasteiger partial charge in [0.25, 0.3) is 5.91 Å². The van der Waals surface area contributed by atoms with Crippen LogP contribution in [0, 0.1) is 13.8 Å². The van der Waals surface area contributed by atoms with Gasteiger partial charge in [-0.25, -0.2) is 4.98 Å². The maximum Gasteiger partial charge on any atom is 0.263 e. The Labute approximate surface area is 202 Å². The Morgan fingerprint density at radius 2 is 2.06 bits per heavy atom. The molecule has 1 aromatic carbocycles. The number of furan rings is 1. The minimum Gasteiger partial charge on any atom is -0.494 e. The van der Waals surface area contributed by atoms with Crippen molar-refractivity contribution in [3.63, 3.8) is 0 Å². The van der Waals surface area contributed by atoms with Gasteiger partial charge in [-0.05, 0) is 38.5 Å². The van der Waals surface area contributed by atoms with Crippen LogP contribution in [0.3, 0.4) is 0 Å². The third-order valence-corrected chi connectivity index (χ3v) is 6.91. The normalized spacial score (nSPS) is 14.4. The lowest BCUT2D eigenvalue weighted by molar-refractivity contribution is 0.0376. The molecular formula is C22H27Cl2N3O4S. The van der Waals surface area contributed by atoms with Gasteiger partial charge in [-0.1, -0.05) is 22.9 Å². The number of ether oxygens (including phenoxy) is 2. The molecule has 0 saturated carbocycles. The van der Waals surface area contributed by atoms with Crippen LogP contribution in [0.15, 0.2) is 22.6 Å². The molecule has 2 aromatic heterocycles. The molecule has 3 heterocycles. The second kappa shape index (κ2) is 10.9. The van der Waals surface area contributed by atoms with E-state index < -0.39 is 0 Å². The Morgan fingerprint density at radius 1 is 1.31 bits per heavy atom. The number of benzene rings is 1. The molecule has 0 spiro atoms. The number of aromatic nitrogens is 1. The summed E-state index contributed by atoms with van der Waals surface area (Å²) in [7, 11) is 1.60. The monoisotopic (exact) mass is 499 g/mol.